The van der Waals surface area contributed by atoms with E-state index in [1.165, 1.54) is 0 Å². The van der Waals surface area contributed by atoms with Crippen LogP contribution in [0.15, 0.2) is 43.0 Å². The fraction of sp³-hybridized carbons (Fsp3) is 0.444. The number of aliphatic hydroxyl groups is 1. The lowest BCUT2D eigenvalue weighted by Crippen LogP contribution is -2.48. The Morgan fingerprint density at radius 2 is 2.12 bits per heavy atom. The summed E-state index contributed by atoms with van der Waals surface area (Å²) in [4.78, 5) is 16.1. The molecule has 0 aliphatic heterocycles. The maximum Gasteiger partial charge on any atom is 0.315 e. The summed E-state index contributed by atoms with van der Waals surface area (Å²) in [5, 5.41) is 15.7. The van der Waals surface area contributed by atoms with Gasteiger partial charge < -0.3 is 20.3 Å². The molecule has 24 heavy (non-hydrogen) atoms. The van der Waals surface area contributed by atoms with Crippen LogP contribution in [-0.2, 0) is 13.1 Å². The van der Waals surface area contributed by atoms with E-state index < -0.39 is 6.10 Å². The first kappa shape index (κ1) is 16.5. The number of urea groups is 1. The van der Waals surface area contributed by atoms with E-state index in [1.54, 1.807) is 12.5 Å². The predicted octanol–water partition coefficient (Wildman–Crippen LogP) is 2.03. The summed E-state index contributed by atoms with van der Waals surface area (Å²) in [6.45, 7) is 1.22. The van der Waals surface area contributed by atoms with Gasteiger partial charge in [-0.1, -0.05) is 37.1 Å². The number of aliphatic hydroxyl groups excluding tert-OH is 1. The van der Waals surface area contributed by atoms with Crippen LogP contribution in [0.3, 0.4) is 0 Å². The zero-order valence-electron chi connectivity index (χ0n) is 13.7. The van der Waals surface area contributed by atoms with Gasteiger partial charge in [0, 0.05) is 25.5 Å². The molecule has 1 saturated carbocycles. The molecule has 1 aromatic carbocycles. The molecule has 6 heteroatoms. The Hall–Kier alpha value is -2.34. The largest absolute Gasteiger partial charge is 0.391 e. The van der Waals surface area contributed by atoms with Crippen LogP contribution in [-0.4, -0.2) is 32.8 Å². The van der Waals surface area contributed by atoms with Crippen LogP contribution in [0.1, 0.15) is 36.8 Å². The van der Waals surface area contributed by atoms with Crippen molar-refractivity contribution in [3.63, 3.8) is 0 Å². The molecule has 2 atom stereocenters. The topological polar surface area (TPSA) is 79.2 Å². The van der Waals surface area contributed by atoms with E-state index >= 15 is 0 Å². The van der Waals surface area contributed by atoms with E-state index in [0.29, 0.717) is 6.54 Å². The Morgan fingerprint density at radius 1 is 1.29 bits per heavy atom. The van der Waals surface area contributed by atoms with E-state index in [-0.39, 0.29) is 12.1 Å². The van der Waals surface area contributed by atoms with Gasteiger partial charge in [-0.3, -0.25) is 0 Å². The fourth-order valence-electron chi connectivity index (χ4n) is 3.11. The van der Waals surface area contributed by atoms with Crippen LogP contribution < -0.4 is 10.6 Å². The summed E-state index contributed by atoms with van der Waals surface area (Å²) in [7, 11) is 0. The lowest BCUT2D eigenvalue weighted by Gasteiger charge is -2.28. The van der Waals surface area contributed by atoms with Gasteiger partial charge in [0.15, 0.2) is 0 Å². The number of imidazole rings is 1. The Kier molecular flexibility index (Phi) is 5.48. The summed E-state index contributed by atoms with van der Waals surface area (Å²) < 4.78 is 2.00. The molecule has 0 bridgehead atoms. The number of rotatable bonds is 5. The van der Waals surface area contributed by atoms with Crippen molar-refractivity contribution in [2.24, 2.45) is 0 Å². The third-order valence-electron chi connectivity index (χ3n) is 4.41. The number of nitrogens with one attached hydrogen (secondary N) is 2. The number of carbonyl (C=O) groups excluding carboxylic acids is 1. The van der Waals surface area contributed by atoms with Crippen molar-refractivity contribution < 1.29 is 9.90 Å². The molecule has 3 N–H and O–H groups in total. The lowest BCUT2D eigenvalue weighted by atomic mass is 9.93. The first-order valence-electron chi connectivity index (χ1n) is 8.47. The van der Waals surface area contributed by atoms with Gasteiger partial charge in [0.1, 0.15) is 0 Å². The number of hydrogen-bond acceptors (Lipinski definition) is 3. The standard InChI is InChI=1S/C18H24N4O2/c23-17-7-2-1-6-16(17)21-18(24)20-11-14-4-3-5-15(10-14)12-22-9-8-19-13-22/h3-5,8-10,13,16-17,23H,1-2,6-7,11-12H2,(H2,20,21,24). The van der Waals surface area contributed by atoms with Crippen molar-refractivity contribution in [1.29, 1.82) is 0 Å². The smallest absolute Gasteiger partial charge is 0.315 e. The van der Waals surface area contributed by atoms with E-state index in [2.05, 4.69) is 27.8 Å². The minimum absolute atomic E-state index is 0.133. The van der Waals surface area contributed by atoms with E-state index in [1.807, 2.05) is 22.9 Å². The molecule has 1 aliphatic carbocycles. The highest BCUT2D eigenvalue weighted by molar-refractivity contribution is 5.74. The highest BCUT2D eigenvalue weighted by Gasteiger charge is 2.24. The maximum atomic E-state index is 12.0. The van der Waals surface area contributed by atoms with Crippen molar-refractivity contribution in [3.8, 4) is 0 Å². The zero-order valence-corrected chi connectivity index (χ0v) is 13.7. The third-order valence-corrected chi connectivity index (χ3v) is 4.41. The van der Waals surface area contributed by atoms with Crippen LogP contribution in [0, 0.1) is 0 Å². The number of benzene rings is 1. The number of hydrogen-bond donors (Lipinski definition) is 3. The molecule has 1 aliphatic rings. The number of nitrogens with zero attached hydrogens (tertiary/aromatic N) is 2. The second-order valence-corrected chi connectivity index (χ2v) is 6.34. The van der Waals surface area contributed by atoms with Crippen molar-refractivity contribution in [3.05, 3.63) is 54.1 Å². The molecular formula is C18H24N4O2. The Morgan fingerprint density at radius 3 is 2.92 bits per heavy atom. The molecule has 2 aromatic rings. The summed E-state index contributed by atoms with van der Waals surface area (Å²) in [5.74, 6) is 0. The molecule has 128 valence electrons. The number of carbonyl (C=O) groups is 1. The third kappa shape index (κ3) is 4.58. The van der Waals surface area contributed by atoms with Crippen LogP contribution in [0.5, 0.6) is 0 Å². The minimum atomic E-state index is -0.428. The summed E-state index contributed by atoms with van der Waals surface area (Å²) in [5.41, 5.74) is 2.21. The van der Waals surface area contributed by atoms with Crippen molar-refractivity contribution in [2.45, 2.75) is 50.9 Å². The number of aromatic nitrogens is 2. The van der Waals surface area contributed by atoms with Gasteiger partial charge in [0.05, 0.1) is 18.5 Å². The summed E-state index contributed by atoms with van der Waals surface area (Å²) in [6.07, 6.45) is 8.74. The molecule has 0 spiro atoms. The van der Waals surface area contributed by atoms with E-state index in [4.69, 9.17) is 0 Å². The molecule has 0 radical (unpaired) electrons. The number of amides is 2. The molecular weight excluding hydrogens is 304 g/mol. The average Bonchev–Trinajstić information content (AvgIpc) is 3.08. The van der Waals surface area contributed by atoms with E-state index in [9.17, 15) is 9.90 Å². The SMILES string of the molecule is O=C(NCc1cccc(Cn2ccnc2)c1)NC1CCCCC1O. The average molecular weight is 328 g/mol. The maximum absolute atomic E-state index is 12.0. The lowest BCUT2D eigenvalue weighted by molar-refractivity contribution is 0.0943. The summed E-state index contributed by atoms with van der Waals surface area (Å²) >= 11 is 0. The van der Waals surface area contributed by atoms with Crippen molar-refractivity contribution in [2.75, 3.05) is 0 Å². The summed E-state index contributed by atoms with van der Waals surface area (Å²) in [6, 6.07) is 7.77. The van der Waals surface area contributed by atoms with Gasteiger partial charge in [-0.25, -0.2) is 9.78 Å². The highest BCUT2D eigenvalue weighted by atomic mass is 16.3. The van der Waals surface area contributed by atoms with Crippen LogP contribution >= 0.6 is 0 Å². The molecule has 6 nitrogen and oxygen atoms in total. The van der Waals surface area contributed by atoms with Crippen molar-refractivity contribution in [1.82, 2.24) is 20.2 Å². The normalized spacial score (nSPS) is 20.5. The first-order chi connectivity index (χ1) is 11.7. The van der Waals surface area contributed by atoms with Crippen LogP contribution in [0.4, 0.5) is 4.79 Å². The molecule has 1 aromatic heterocycles. The van der Waals surface area contributed by atoms with Gasteiger partial charge in [-0.15, -0.1) is 0 Å². The monoisotopic (exact) mass is 328 g/mol. The molecule has 2 amide bonds. The van der Waals surface area contributed by atoms with Crippen LogP contribution in [0.2, 0.25) is 0 Å². The zero-order chi connectivity index (χ0) is 16.8. The van der Waals surface area contributed by atoms with Crippen molar-refractivity contribution >= 4 is 6.03 Å². The van der Waals surface area contributed by atoms with Gasteiger partial charge in [0.2, 0.25) is 0 Å². The molecule has 3 rings (SSSR count). The Bertz CT molecular complexity index is 657. The molecule has 2 unspecified atom stereocenters. The van der Waals surface area contributed by atoms with E-state index in [0.717, 1.165) is 43.4 Å². The quantitative estimate of drug-likeness (QED) is 0.786. The first-order valence-corrected chi connectivity index (χ1v) is 8.47. The Balaban J connectivity index is 1.49. The Labute approximate surface area is 141 Å². The van der Waals surface area contributed by atoms with Gasteiger partial charge in [0.25, 0.3) is 0 Å². The van der Waals surface area contributed by atoms with Gasteiger partial charge >= 0.3 is 6.03 Å². The fourth-order valence-corrected chi connectivity index (χ4v) is 3.11. The van der Waals surface area contributed by atoms with Crippen LogP contribution in [0.25, 0.3) is 0 Å². The minimum Gasteiger partial charge on any atom is -0.391 e. The molecule has 1 fully saturated rings. The van der Waals surface area contributed by atoms with Gasteiger partial charge in [-0.2, -0.15) is 0 Å². The molecule has 1 heterocycles. The highest BCUT2D eigenvalue weighted by Crippen LogP contribution is 2.18. The van der Waals surface area contributed by atoms with Gasteiger partial charge in [-0.05, 0) is 24.0 Å². The predicted molar refractivity (Wildman–Crippen MR) is 91.4 cm³/mol. The second-order valence-electron chi connectivity index (χ2n) is 6.34. The molecule has 0 saturated heterocycles. The second kappa shape index (κ2) is 7.97.